The van der Waals surface area contributed by atoms with Crippen LogP contribution in [0.15, 0.2) is 0 Å². The largest absolute Gasteiger partial charge is 0.363 e. The third-order valence-electron chi connectivity index (χ3n) is 3.10. The molecule has 6 nitrogen and oxygen atoms in total. The minimum Gasteiger partial charge on any atom is -0.363 e. The Bertz CT molecular complexity index is 440. The predicted octanol–water partition coefficient (Wildman–Crippen LogP) is 2.43. The molecule has 1 unspecified atom stereocenters. The molecule has 1 N–H and O–H groups in total. The summed E-state index contributed by atoms with van der Waals surface area (Å²) in [6, 6.07) is 0. The van der Waals surface area contributed by atoms with Crippen LogP contribution in [0.2, 0.25) is 0 Å². The van der Waals surface area contributed by atoms with Gasteiger partial charge in [-0.25, -0.2) is 4.68 Å². The Morgan fingerprint density at radius 3 is 3.00 bits per heavy atom. The average molecular weight is 270 g/mol. The molecule has 1 atom stereocenters. The summed E-state index contributed by atoms with van der Waals surface area (Å²) in [4.78, 5) is 10.7. The number of anilines is 1. The molecule has 1 aromatic rings. The van der Waals surface area contributed by atoms with E-state index in [0.717, 1.165) is 6.54 Å². The number of nitro groups is 1. The molecular weight excluding hydrogens is 252 g/mol. The highest BCUT2D eigenvalue weighted by Crippen LogP contribution is 2.30. The highest BCUT2D eigenvalue weighted by molar-refractivity contribution is 8.00. The van der Waals surface area contributed by atoms with Crippen LogP contribution in [0, 0.1) is 17.0 Å². The zero-order chi connectivity index (χ0) is 13.1. The molecule has 1 aliphatic rings. The second kappa shape index (κ2) is 5.60. The van der Waals surface area contributed by atoms with Gasteiger partial charge in [0.2, 0.25) is 5.82 Å². The normalized spacial score (nSPS) is 19.1. The van der Waals surface area contributed by atoms with Gasteiger partial charge in [-0.3, -0.25) is 10.1 Å². The van der Waals surface area contributed by atoms with E-state index in [4.69, 9.17) is 0 Å². The maximum atomic E-state index is 11.1. The number of thioether (sulfide) groups is 1. The third-order valence-corrected chi connectivity index (χ3v) is 4.50. The van der Waals surface area contributed by atoms with E-state index in [2.05, 4.69) is 10.4 Å². The predicted molar refractivity (Wildman–Crippen MR) is 73.3 cm³/mol. The first-order valence-electron chi connectivity index (χ1n) is 6.20. The Morgan fingerprint density at radius 2 is 2.44 bits per heavy atom. The molecule has 18 heavy (non-hydrogen) atoms. The van der Waals surface area contributed by atoms with Crippen molar-refractivity contribution in [3.05, 3.63) is 15.8 Å². The first kappa shape index (κ1) is 13.2. The first-order chi connectivity index (χ1) is 8.63. The lowest BCUT2D eigenvalue weighted by Crippen LogP contribution is -2.17. The van der Waals surface area contributed by atoms with Crippen molar-refractivity contribution in [3.8, 4) is 0 Å². The van der Waals surface area contributed by atoms with Gasteiger partial charge >= 0.3 is 5.69 Å². The second-order valence-electron chi connectivity index (χ2n) is 4.37. The third kappa shape index (κ3) is 2.60. The number of rotatable bonds is 5. The molecule has 1 saturated heterocycles. The summed E-state index contributed by atoms with van der Waals surface area (Å²) < 4.78 is 1.67. The van der Waals surface area contributed by atoms with Gasteiger partial charge in [-0.1, -0.05) is 0 Å². The summed E-state index contributed by atoms with van der Waals surface area (Å²) in [5, 5.41) is 19.1. The molecule has 0 radical (unpaired) electrons. The molecule has 1 aromatic heterocycles. The molecule has 100 valence electrons. The summed E-state index contributed by atoms with van der Waals surface area (Å²) in [5.41, 5.74) is 0.586. The summed E-state index contributed by atoms with van der Waals surface area (Å²) in [5.74, 6) is 1.74. The fourth-order valence-electron chi connectivity index (χ4n) is 2.21. The molecule has 0 bridgehead atoms. The van der Waals surface area contributed by atoms with Crippen molar-refractivity contribution in [1.82, 2.24) is 9.78 Å². The molecule has 0 saturated carbocycles. The van der Waals surface area contributed by atoms with E-state index in [1.54, 1.807) is 11.6 Å². The Morgan fingerprint density at radius 1 is 1.67 bits per heavy atom. The lowest BCUT2D eigenvalue weighted by Gasteiger charge is -2.11. The number of hydrogen-bond donors (Lipinski definition) is 1. The maximum absolute atomic E-state index is 11.1. The van der Waals surface area contributed by atoms with Crippen molar-refractivity contribution in [1.29, 1.82) is 0 Å². The van der Waals surface area contributed by atoms with Crippen LogP contribution in [0.1, 0.15) is 25.5 Å². The molecule has 1 fully saturated rings. The van der Waals surface area contributed by atoms with Crippen LogP contribution in [0.5, 0.6) is 0 Å². The van der Waals surface area contributed by atoms with E-state index in [0.29, 0.717) is 23.3 Å². The van der Waals surface area contributed by atoms with Crippen LogP contribution < -0.4 is 5.32 Å². The number of nitrogens with zero attached hydrogens (tertiary/aromatic N) is 3. The molecule has 0 aromatic carbocycles. The van der Waals surface area contributed by atoms with Gasteiger partial charge in [0.15, 0.2) is 0 Å². The molecule has 7 heteroatoms. The van der Waals surface area contributed by atoms with Gasteiger partial charge < -0.3 is 5.32 Å². The quantitative estimate of drug-likeness (QED) is 0.657. The Labute approximate surface area is 110 Å². The van der Waals surface area contributed by atoms with Gasteiger partial charge in [-0.05, 0) is 32.4 Å². The van der Waals surface area contributed by atoms with Gasteiger partial charge in [0.05, 0.1) is 4.92 Å². The van der Waals surface area contributed by atoms with Crippen LogP contribution in [-0.4, -0.2) is 32.3 Å². The summed E-state index contributed by atoms with van der Waals surface area (Å²) in [7, 11) is 0. The van der Waals surface area contributed by atoms with Crippen LogP contribution in [0.4, 0.5) is 11.5 Å². The molecule has 0 amide bonds. The monoisotopic (exact) mass is 270 g/mol. The number of aromatic nitrogens is 2. The molecule has 1 aliphatic heterocycles. The van der Waals surface area contributed by atoms with Gasteiger partial charge in [0.25, 0.3) is 0 Å². The SMILES string of the molecule is CCn1nc(C)c([N+](=O)[O-])c1NCC1CCCS1. The van der Waals surface area contributed by atoms with E-state index >= 15 is 0 Å². The Balaban J connectivity index is 2.15. The maximum Gasteiger partial charge on any atom is 0.333 e. The Kier molecular flexibility index (Phi) is 4.11. The van der Waals surface area contributed by atoms with Crippen molar-refractivity contribution in [2.45, 2.75) is 38.5 Å². The van der Waals surface area contributed by atoms with Gasteiger partial charge in [0, 0.05) is 18.3 Å². The topological polar surface area (TPSA) is 73.0 Å². The highest BCUT2D eigenvalue weighted by atomic mass is 32.2. The summed E-state index contributed by atoms with van der Waals surface area (Å²) >= 11 is 1.93. The first-order valence-corrected chi connectivity index (χ1v) is 7.25. The minimum atomic E-state index is -0.349. The fraction of sp³-hybridized carbons (Fsp3) is 0.727. The highest BCUT2D eigenvalue weighted by Gasteiger charge is 2.25. The van der Waals surface area contributed by atoms with Crippen LogP contribution in [0.3, 0.4) is 0 Å². The zero-order valence-electron chi connectivity index (χ0n) is 10.7. The minimum absolute atomic E-state index is 0.111. The van der Waals surface area contributed by atoms with Crippen molar-refractivity contribution in [3.63, 3.8) is 0 Å². The average Bonchev–Trinajstić information content (AvgIpc) is 2.92. The van der Waals surface area contributed by atoms with Crippen molar-refractivity contribution < 1.29 is 4.92 Å². The molecule has 2 heterocycles. The van der Waals surface area contributed by atoms with Crippen molar-refractivity contribution in [2.24, 2.45) is 0 Å². The van der Waals surface area contributed by atoms with Gasteiger partial charge in [0.1, 0.15) is 5.69 Å². The van der Waals surface area contributed by atoms with Crippen molar-refractivity contribution in [2.75, 3.05) is 17.6 Å². The van der Waals surface area contributed by atoms with E-state index < -0.39 is 0 Å². The van der Waals surface area contributed by atoms with Gasteiger partial charge in [-0.2, -0.15) is 16.9 Å². The lowest BCUT2D eigenvalue weighted by atomic mass is 10.2. The number of aryl methyl sites for hydroxylation is 2. The number of hydrogen-bond acceptors (Lipinski definition) is 5. The van der Waals surface area contributed by atoms with Crippen LogP contribution in [-0.2, 0) is 6.54 Å². The van der Waals surface area contributed by atoms with E-state index in [-0.39, 0.29) is 10.6 Å². The van der Waals surface area contributed by atoms with E-state index in [1.807, 2.05) is 18.7 Å². The molecule has 0 spiro atoms. The Hall–Kier alpha value is -1.24. The van der Waals surface area contributed by atoms with E-state index in [1.165, 1.54) is 18.6 Å². The molecular formula is C11H18N4O2S. The number of nitrogens with one attached hydrogen (secondary N) is 1. The summed E-state index contributed by atoms with van der Waals surface area (Å²) in [6.07, 6.45) is 2.43. The van der Waals surface area contributed by atoms with Gasteiger partial charge in [-0.15, -0.1) is 0 Å². The second-order valence-corrected chi connectivity index (χ2v) is 5.78. The smallest absolute Gasteiger partial charge is 0.333 e. The van der Waals surface area contributed by atoms with Crippen molar-refractivity contribution >= 4 is 23.3 Å². The standard InChI is InChI=1S/C11H18N4O2S/c1-3-14-11(10(15(16)17)8(2)13-14)12-7-9-5-4-6-18-9/h9,12H,3-7H2,1-2H3. The summed E-state index contributed by atoms with van der Waals surface area (Å²) in [6.45, 7) is 5.02. The zero-order valence-corrected chi connectivity index (χ0v) is 11.5. The fourth-order valence-corrected chi connectivity index (χ4v) is 3.41. The lowest BCUT2D eigenvalue weighted by molar-refractivity contribution is -0.384. The van der Waals surface area contributed by atoms with Crippen LogP contribution in [0.25, 0.3) is 0 Å². The molecule has 2 rings (SSSR count). The van der Waals surface area contributed by atoms with Crippen LogP contribution >= 0.6 is 11.8 Å². The molecule has 0 aliphatic carbocycles. The van der Waals surface area contributed by atoms with E-state index in [9.17, 15) is 10.1 Å².